The van der Waals surface area contributed by atoms with Crippen LogP contribution in [0.5, 0.6) is 0 Å². The van der Waals surface area contributed by atoms with E-state index in [2.05, 4.69) is 38.1 Å². The van der Waals surface area contributed by atoms with Crippen molar-refractivity contribution in [2.24, 2.45) is 0 Å². The fourth-order valence-electron chi connectivity index (χ4n) is 0.983. The lowest BCUT2D eigenvalue weighted by Crippen LogP contribution is -1.71. The maximum Gasteiger partial charge on any atom is 0.0864 e. The van der Waals surface area contributed by atoms with Crippen molar-refractivity contribution >= 4 is 0 Å². The summed E-state index contributed by atoms with van der Waals surface area (Å²) >= 11 is 0. The molecule has 0 atom stereocenters. The number of ether oxygens (including phenoxy) is 1. The highest BCUT2D eigenvalue weighted by Crippen LogP contribution is 1.99. The van der Waals surface area contributed by atoms with Gasteiger partial charge in [-0.3, -0.25) is 0 Å². The Balaban J connectivity index is 0.000000146. The first-order valence-electron chi connectivity index (χ1n) is 4.78. The summed E-state index contributed by atoms with van der Waals surface area (Å²) in [6.45, 7) is 4.19. The van der Waals surface area contributed by atoms with E-state index in [0.717, 1.165) is 6.42 Å². The second kappa shape index (κ2) is 6.03. The molecular weight excluding hydrogens is 172 g/mol. The van der Waals surface area contributed by atoms with Gasteiger partial charge in [0.1, 0.15) is 0 Å². The number of benzene rings is 1. The summed E-state index contributed by atoms with van der Waals surface area (Å²) in [6.07, 6.45) is 8.29. The zero-order valence-corrected chi connectivity index (χ0v) is 8.73. The predicted molar refractivity (Wildman–Crippen MR) is 59.9 cm³/mol. The highest BCUT2D eigenvalue weighted by Gasteiger charge is 1.79. The molecule has 0 aromatic heterocycles. The summed E-state index contributed by atoms with van der Waals surface area (Å²) in [5, 5.41) is 0. The first-order chi connectivity index (χ1) is 6.79. The summed E-state index contributed by atoms with van der Waals surface area (Å²) in [7, 11) is 0. The van der Waals surface area contributed by atoms with Gasteiger partial charge in [0.05, 0.1) is 12.5 Å². The number of allylic oxidation sites excluding steroid dienone is 2. The first kappa shape index (κ1) is 10.6. The van der Waals surface area contributed by atoms with Crippen LogP contribution in [0.25, 0.3) is 0 Å². The summed E-state index contributed by atoms with van der Waals surface area (Å²) in [6, 6.07) is 8.48. The second-order valence-electron chi connectivity index (χ2n) is 3.27. The quantitative estimate of drug-likeness (QED) is 0.602. The van der Waals surface area contributed by atoms with E-state index in [1.54, 1.807) is 12.5 Å². The maximum absolute atomic E-state index is 4.71. The molecule has 0 N–H and O–H groups in total. The van der Waals surface area contributed by atoms with Gasteiger partial charge >= 0.3 is 0 Å². The van der Waals surface area contributed by atoms with E-state index in [4.69, 9.17) is 4.74 Å². The van der Waals surface area contributed by atoms with Gasteiger partial charge in [-0.1, -0.05) is 35.4 Å². The Morgan fingerprint density at radius 3 is 1.50 bits per heavy atom. The van der Waals surface area contributed by atoms with Crippen molar-refractivity contribution < 1.29 is 4.74 Å². The van der Waals surface area contributed by atoms with Gasteiger partial charge in [-0.05, 0) is 32.4 Å². The van der Waals surface area contributed by atoms with Crippen molar-refractivity contribution in [1.29, 1.82) is 0 Å². The third-order valence-electron chi connectivity index (χ3n) is 1.84. The zero-order valence-electron chi connectivity index (χ0n) is 8.73. The average Bonchev–Trinajstić information content (AvgIpc) is 2.26. The number of hydrogen-bond donors (Lipinski definition) is 0. The van der Waals surface area contributed by atoms with Crippen molar-refractivity contribution in [2.45, 2.75) is 20.3 Å². The van der Waals surface area contributed by atoms with Crippen LogP contribution < -0.4 is 0 Å². The lowest BCUT2D eigenvalue weighted by atomic mass is 10.2. The molecule has 0 fully saturated rings. The predicted octanol–water partition coefficient (Wildman–Crippen LogP) is 3.74. The van der Waals surface area contributed by atoms with Gasteiger partial charge < -0.3 is 4.74 Å². The lowest BCUT2D eigenvalue weighted by molar-refractivity contribution is 0.393. The molecule has 74 valence electrons. The van der Waals surface area contributed by atoms with Crippen LogP contribution in [0.1, 0.15) is 17.5 Å². The van der Waals surface area contributed by atoms with E-state index in [1.807, 2.05) is 12.2 Å². The van der Waals surface area contributed by atoms with Crippen LogP contribution in [-0.4, -0.2) is 0 Å². The van der Waals surface area contributed by atoms with Crippen molar-refractivity contribution in [3.63, 3.8) is 0 Å². The second-order valence-corrected chi connectivity index (χ2v) is 3.27. The molecule has 2 rings (SSSR count). The van der Waals surface area contributed by atoms with E-state index in [0.29, 0.717) is 0 Å². The van der Waals surface area contributed by atoms with Crippen molar-refractivity contribution in [3.05, 3.63) is 60.1 Å². The van der Waals surface area contributed by atoms with Gasteiger partial charge in [0, 0.05) is 0 Å². The Bertz CT molecular complexity index is 266. The van der Waals surface area contributed by atoms with Gasteiger partial charge in [0.2, 0.25) is 0 Å². The number of aryl methyl sites for hydroxylation is 2. The van der Waals surface area contributed by atoms with Gasteiger partial charge in [-0.2, -0.15) is 0 Å². The molecule has 0 saturated heterocycles. The number of hydrogen-bond acceptors (Lipinski definition) is 1. The molecule has 1 aromatic rings. The van der Waals surface area contributed by atoms with Crippen molar-refractivity contribution in [1.82, 2.24) is 0 Å². The van der Waals surface area contributed by atoms with E-state index in [-0.39, 0.29) is 0 Å². The molecular formula is C13H16O. The van der Waals surface area contributed by atoms with Crippen LogP contribution in [0.2, 0.25) is 0 Å². The molecule has 0 saturated carbocycles. The molecule has 0 unspecified atom stereocenters. The largest absolute Gasteiger partial charge is 0.473 e. The van der Waals surface area contributed by atoms with E-state index in [1.165, 1.54) is 11.1 Å². The van der Waals surface area contributed by atoms with Crippen molar-refractivity contribution in [2.75, 3.05) is 0 Å². The molecule has 0 spiro atoms. The topological polar surface area (TPSA) is 9.23 Å². The molecule has 1 aliphatic rings. The lowest BCUT2D eigenvalue weighted by Gasteiger charge is -1.91. The standard InChI is InChI=1S/C8H10.C5H6O/c1-7-3-5-8(2)6-4-7;1-2-4-6-5-3-1/h3-6H,1-2H3;2-5H,1H2. The molecule has 0 bridgehead atoms. The van der Waals surface area contributed by atoms with E-state index >= 15 is 0 Å². The molecule has 0 radical (unpaired) electrons. The van der Waals surface area contributed by atoms with Crippen molar-refractivity contribution in [3.8, 4) is 0 Å². The average molecular weight is 188 g/mol. The molecule has 14 heavy (non-hydrogen) atoms. The van der Waals surface area contributed by atoms with Crippen LogP contribution in [0.3, 0.4) is 0 Å². The number of rotatable bonds is 0. The molecule has 1 aliphatic heterocycles. The Morgan fingerprint density at radius 2 is 1.29 bits per heavy atom. The molecule has 1 aromatic carbocycles. The molecule has 1 heteroatoms. The Kier molecular flexibility index (Phi) is 4.56. The monoisotopic (exact) mass is 188 g/mol. The Labute approximate surface area is 85.7 Å². The fraction of sp³-hybridized carbons (Fsp3) is 0.231. The summed E-state index contributed by atoms with van der Waals surface area (Å²) in [5.74, 6) is 0. The zero-order chi connectivity index (χ0) is 10.2. The SMILES string of the molecule is C1=COC=CC1.Cc1ccc(C)cc1. The van der Waals surface area contributed by atoms with Gasteiger partial charge in [-0.25, -0.2) is 0 Å². The summed E-state index contributed by atoms with van der Waals surface area (Å²) in [4.78, 5) is 0. The minimum absolute atomic E-state index is 1.01. The third-order valence-corrected chi connectivity index (χ3v) is 1.84. The Hall–Kier alpha value is -1.50. The molecule has 0 amide bonds. The molecule has 1 heterocycles. The highest BCUT2D eigenvalue weighted by atomic mass is 16.5. The fourth-order valence-corrected chi connectivity index (χ4v) is 0.983. The van der Waals surface area contributed by atoms with Crippen LogP contribution in [0.15, 0.2) is 48.9 Å². The smallest absolute Gasteiger partial charge is 0.0864 e. The maximum atomic E-state index is 4.71. The van der Waals surface area contributed by atoms with E-state index in [9.17, 15) is 0 Å². The van der Waals surface area contributed by atoms with Gasteiger partial charge in [-0.15, -0.1) is 0 Å². The minimum Gasteiger partial charge on any atom is -0.473 e. The summed E-state index contributed by atoms with van der Waals surface area (Å²) in [5.41, 5.74) is 2.66. The molecule has 0 aliphatic carbocycles. The minimum atomic E-state index is 1.01. The van der Waals surface area contributed by atoms with Gasteiger partial charge in [0.15, 0.2) is 0 Å². The van der Waals surface area contributed by atoms with Gasteiger partial charge in [0.25, 0.3) is 0 Å². The van der Waals surface area contributed by atoms with E-state index < -0.39 is 0 Å². The Morgan fingerprint density at radius 1 is 0.857 bits per heavy atom. The van der Waals surface area contributed by atoms with Crippen LogP contribution in [0, 0.1) is 13.8 Å². The van der Waals surface area contributed by atoms with Crippen LogP contribution in [-0.2, 0) is 4.74 Å². The third kappa shape index (κ3) is 4.51. The molecule has 1 nitrogen and oxygen atoms in total. The normalized spacial score (nSPS) is 12.7. The first-order valence-corrected chi connectivity index (χ1v) is 4.78. The van der Waals surface area contributed by atoms with Crippen LogP contribution >= 0.6 is 0 Å². The highest BCUT2D eigenvalue weighted by molar-refractivity contribution is 5.19. The summed E-state index contributed by atoms with van der Waals surface area (Å²) < 4.78 is 4.71. The van der Waals surface area contributed by atoms with Crippen LogP contribution in [0.4, 0.5) is 0 Å².